The highest BCUT2D eigenvalue weighted by molar-refractivity contribution is 6.31. The zero-order chi connectivity index (χ0) is 14.6. The number of nitrogens with zero attached hydrogens (tertiary/aromatic N) is 1. The molecule has 20 heavy (non-hydrogen) atoms. The second-order valence-corrected chi connectivity index (χ2v) is 5.62. The molecule has 1 heterocycles. The molecule has 4 nitrogen and oxygen atoms in total. The first-order valence-corrected chi connectivity index (χ1v) is 7.21. The maximum absolute atomic E-state index is 12.5. The van der Waals surface area contributed by atoms with Gasteiger partial charge in [-0.15, -0.1) is 0 Å². The van der Waals surface area contributed by atoms with E-state index >= 15 is 0 Å². The smallest absolute Gasteiger partial charge is 0.231 e. The standard InChI is InChI=1S/C15H18ClN3O/c1-2-5-15(6-7-18-10-15)14(20)19-12-3-4-13(16)11(8-12)9-17/h3-4,8,18H,2,5-7,10H2,1H3,(H,19,20). The number of carbonyl (C=O) groups excluding carboxylic acids is 1. The highest BCUT2D eigenvalue weighted by Crippen LogP contribution is 2.33. The number of benzene rings is 1. The number of nitrogens with one attached hydrogen (secondary N) is 2. The van der Waals surface area contributed by atoms with Crippen molar-refractivity contribution in [3.63, 3.8) is 0 Å². The summed E-state index contributed by atoms with van der Waals surface area (Å²) in [6.07, 6.45) is 2.69. The molecule has 1 amide bonds. The molecule has 1 aliphatic heterocycles. The summed E-state index contributed by atoms with van der Waals surface area (Å²) in [5.41, 5.74) is 0.665. The molecule has 0 spiro atoms. The van der Waals surface area contributed by atoms with Crippen LogP contribution in [0.2, 0.25) is 5.02 Å². The first-order valence-electron chi connectivity index (χ1n) is 6.83. The van der Waals surface area contributed by atoms with Gasteiger partial charge < -0.3 is 10.6 Å². The van der Waals surface area contributed by atoms with E-state index in [2.05, 4.69) is 17.6 Å². The van der Waals surface area contributed by atoms with E-state index in [0.717, 1.165) is 25.8 Å². The van der Waals surface area contributed by atoms with Crippen LogP contribution in [0.1, 0.15) is 31.7 Å². The molecule has 1 aromatic rings. The molecule has 0 saturated carbocycles. The highest BCUT2D eigenvalue weighted by atomic mass is 35.5. The van der Waals surface area contributed by atoms with Crippen LogP contribution in [-0.4, -0.2) is 19.0 Å². The second-order valence-electron chi connectivity index (χ2n) is 5.22. The fraction of sp³-hybridized carbons (Fsp3) is 0.467. The van der Waals surface area contributed by atoms with Gasteiger partial charge in [0, 0.05) is 12.2 Å². The van der Waals surface area contributed by atoms with E-state index in [1.807, 2.05) is 6.07 Å². The summed E-state index contributed by atoms with van der Waals surface area (Å²) >= 11 is 5.89. The third kappa shape index (κ3) is 2.95. The maximum Gasteiger partial charge on any atom is 0.231 e. The summed E-state index contributed by atoms with van der Waals surface area (Å²) < 4.78 is 0. The van der Waals surface area contributed by atoms with Crippen molar-refractivity contribution in [3.05, 3.63) is 28.8 Å². The van der Waals surface area contributed by atoms with E-state index in [0.29, 0.717) is 22.8 Å². The Morgan fingerprint density at radius 3 is 3.00 bits per heavy atom. The molecule has 5 heteroatoms. The Kier molecular flexibility index (Phi) is 4.64. The SMILES string of the molecule is CCCC1(C(=O)Nc2ccc(Cl)c(C#N)c2)CCNC1. The van der Waals surface area contributed by atoms with Crippen molar-refractivity contribution in [3.8, 4) is 6.07 Å². The van der Waals surface area contributed by atoms with Gasteiger partial charge in [-0.1, -0.05) is 24.9 Å². The van der Waals surface area contributed by atoms with Gasteiger partial charge in [0.2, 0.25) is 5.91 Å². The predicted molar refractivity (Wildman–Crippen MR) is 79.6 cm³/mol. The monoisotopic (exact) mass is 291 g/mol. The van der Waals surface area contributed by atoms with E-state index in [9.17, 15) is 4.79 Å². The van der Waals surface area contributed by atoms with Gasteiger partial charge >= 0.3 is 0 Å². The maximum atomic E-state index is 12.5. The molecule has 1 aliphatic rings. The largest absolute Gasteiger partial charge is 0.326 e. The van der Waals surface area contributed by atoms with E-state index < -0.39 is 0 Å². The van der Waals surface area contributed by atoms with Crippen molar-refractivity contribution in [1.82, 2.24) is 5.32 Å². The van der Waals surface area contributed by atoms with Crippen molar-refractivity contribution in [1.29, 1.82) is 5.26 Å². The molecule has 1 fully saturated rings. The molecule has 0 radical (unpaired) electrons. The average molecular weight is 292 g/mol. The normalized spacial score (nSPS) is 21.4. The lowest BCUT2D eigenvalue weighted by molar-refractivity contribution is -0.125. The lowest BCUT2D eigenvalue weighted by Crippen LogP contribution is -2.38. The van der Waals surface area contributed by atoms with Crippen molar-refractivity contribution < 1.29 is 4.79 Å². The number of halogens is 1. The van der Waals surface area contributed by atoms with E-state index in [1.165, 1.54) is 0 Å². The quantitative estimate of drug-likeness (QED) is 0.896. The third-order valence-electron chi connectivity index (χ3n) is 3.80. The Hall–Kier alpha value is -1.57. The minimum absolute atomic E-state index is 0.0237. The molecular formula is C15H18ClN3O. The van der Waals surface area contributed by atoms with E-state index in [1.54, 1.807) is 18.2 Å². The summed E-state index contributed by atoms with van der Waals surface area (Å²) in [5.74, 6) is 0.0237. The second kappa shape index (κ2) is 6.25. The van der Waals surface area contributed by atoms with Gasteiger partial charge in [-0.3, -0.25) is 4.79 Å². The molecule has 1 saturated heterocycles. The van der Waals surface area contributed by atoms with Crippen LogP contribution in [0.15, 0.2) is 18.2 Å². The lowest BCUT2D eigenvalue weighted by Gasteiger charge is -2.26. The van der Waals surface area contributed by atoms with E-state index in [4.69, 9.17) is 16.9 Å². The number of carbonyl (C=O) groups is 1. The fourth-order valence-corrected chi connectivity index (χ4v) is 2.86. The van der Waals surface area contributed by atoms with Crippen molar-refractivity contribution in [2.24, 2.45) is 5.41 Å². The van der Waals surface area contributed by atoms with Crippen LogP contribution in [0.3, 0.4) is 0 Å². The van der Waals surface area contributed by atoms with Gasteiger partial charge in [-0.05, 0) is 37.6 Å². The molecule has 1 atom stereocenters. The molecule has 1 aromatic carbocycles. The Bertz CT molecular complexity index is 545. The Morgan fingerprint density at radius 1 is 1.60 bits per heavy atom. The van der Waals surface area contributed by atoms with Crippen LogP contribution >= 0.6 is 11.6 Å². The topological polar surface area (TPSA) is 64.9 Å². The number of rotatable bonds is 4. The molecule has 0 aromatic heterocycles. The summed E-state index contributed by atoms with van der Waals surface area (Å²) in [4.78, 5) is 12.5. The van der Waals surface area contributed by atoms with E-state index in [-0.39, 0.29) is 11.3 Å². The van der Waals surface area contributed by atoms with Crippen molar-refractivity contribution in [2.75, 3.05) is 18.4 Å². The van der Waals surface area contributed by atoms with Crippen LogP contribution in [0, 0.1) is 16.7 Å². The first-order chi connectivity index (χ1) is 9.61. The van der Waals surface area contributed by atoms with Gasteiger partial charge in [0.1, 0.15) is 6.07 Å². The lowest BCUT2D eigenvalue weighted by atomic mass is 9.81. The Labute approximate surface area is 124 Å². The van der Waals surface area contributed by atoms with Crippen LogP contribution in [0.25, 0.3) is 0 Å². The molecule has 2 N–H and O–H groups in total. The molecule has 106 valence electrons. The molecule has 0 aliphatic carbocycles. The zero-order valence-corrected chi connectivity index (χ0v) is 12.3. The van der Waals surface area contributed by atoms with Gasteiger partial charge in [0.15, 0.2) is 0 Å². The minimum Gasteiger partial charge on any atom is -0.326 e. The number of hydrogen-bond donors (Lipinski definition) is 2. The molecule has 0 bridgehead atoms. The molecule has 1 unspecified atom stereocenters. The number of nitriles is 1. The first kappa shape index (κ1) is 14.8. The van der Waals surface area contributed by atoms with Crippen LogP contribution < -0.4 is 10.6 Å². The summed E-state index contributed by atoms with van der Waals surface area (Å²) in [6.45, 7) is 3.67. The van der Waals surface area contributed by atoms with Gasteiger partial charge in [-0.25, -0.2) is 0 Å². The van der Waals surface area contributed by atoms with Crippen molar-refractivity contribution >= 4 is 23.2 Å². The molecular weight excluding hydrogens is 274 g/mol. The number of amides is 1. The Balaban J connectivity index is 2.16. The van der Waals surface area contributed by atoms with Gasteiger partial charge in [0.05, 0.1) is 16.0 Å². The zero-order valence-electron chi connectivity index (χ0n) is 11.5. The van der Waals surface area contributed by atoms with Gasteiger partial charge in [0.25, 0.3) is 0 Å². The minimum atomic E-state index is -0.332. The number of hydrogen-bond acceptors (Lipinski definition) is 3. The predicted octanol–water partition coefficient (Wildman–Crippen LogP) is 2.93. The van der Waals surface area contributed by atoms with Crippen LogP contribution in [0.4, 0.5) is 5.69 Å². The third-order valence-corrected chi connectivity index (χ3v) is 4.13. The summed E-state index contributed by atoms with van der Waals surface area (Å²) in [7, 11) is 0. The summed E-state index contributed by atoms with van der Waals surface area (Å²) in [6, 6.07) is 6.99. The fourth-order valence-electron chi connectivity index (χ4n) is 2.70. The highest BCUT2D eigenvalue weighted by Gasteiger charge is 2.40. The van der Waals surface area contributed by atoms with Crippen molar-refractivity contribution in [2.45, 2.75) is 26.2 Å². The van der Waals surface area contributed by atoms with Crippen LogP contribution in [0.5, 0.6) is 0 Å². The number of anilines is 1. The summed E-state index contributed by atoms with van der Waals surface area (Å²) in [5, 5.41) is 15.6. The molecule has 2 rings (SSSR count). The van der Waals surface area contributed by atoms with Crippen LogP contribution in [-0.2, 0) is 4.79 Å². The Morgan fingerprint density at radius 2 is 2.40 bits per heavy atom. The van der Waals surface area contributed by atoms with Gasteiger partial charge in [-0.2, -0.15) is 5.26 Å². The average Bonchev–Trinajstić information content (AvgIpc) is 2.91.